The van der Waals surface area contributed by atoms with Crippen molar-refractivity contribution < 1.29 is 19.0 Å². The summed E-state index contributed by atoms with van der Waals surface area (Å²) in [5.74, 6) is 1.50. The molecule has 1 atom stereocenters. The monoisotopic (exact) mass is 459 g/mol. The summed E-state index contributed by atoms with van der Waals surface area (Å²) in [5, 5.41) is 5.77. The Morgan fingerprint density at radius 3 is 2.58 bits per heavy atom. The average molecular weight is 460 g/mol. The van der Waals surface area contributed by atoms with Crippen LogP contribution in [-0.2, 0) is 9.53 Å². The van der Waals surface area contributed by atoms with E-state index < -0.39 is 0 Å². The molecule has 0 saturated carbocycles. The Labute approximate surface area is 192 Å². The maximum absolute atomic E-state index is 12.6. The summed E-state index contributed by atoms with van der Waals surface area (Å²) in [4.78, 5) is 13.6. The van der Waals surface area contributed by atoms with Gasteiger partial charge in [0.2, 0.25) is 5.91 Å². The quantitative estimate of drug-likeness (QED) is 0.320. The van der Waals surface area contributed by atoms with Crippen LogP contribution >= 0.6 is 23.4 Å². The molecule has 0 saturated heterocycles. The van der Waals surface area contributed by atoms with E-state index in [0.717, 1.165) is 21.2 Å². The fourth-order valence-electron chi connectivity index (χ4n) is 3.20. The van der Waals surface area contributed by atoms with Crippen LogP contribution in [-0.4, -0.2) is 39.1 Å². The molecule has 1 amide bonds. The fourth-order valence-corrected chi connectivity index (χ4v) is 4.46. The normalized spacial score (nSPS) is 11.9. The Hall–Kier alpha value is -2.41. The lowest BCUT2D eigenvalue weighted by atomic mass is 10.1. The molecular weight excluding hydrogens is 434 g/mol. The second-order valence-corrected chi connectivity index (χ2v) is 8.35. The Kier molecular flexibility index (Phi) is 8.46. The molecule has 31 heavy (non-hydrogen) atoms. The van der Waals surface area contributed by atoms with Gasteiger partial charge in [0.25, 0.3) is 0 Å². The summed E-state index contributed by atoms with van der Waals surface area (Å²) < 4.78 is 16.1. The van der Waals surface area contributed by atoms with Crippen LogP contribution < -0.4 is 14.8 Å². The number of halogens is 1. The minimum absolute atomic E-state index is 0.0547. The number of rotatable bonds is 10. The Morgan fingerprint density at radius 1 is 1.06 bits per heavy atom. The summed E-state index contributed by atoms with van der Waals surface area (Å²) in [7, 11) is 3.22. The zero-order chi connectivity index (χ0) is 22.2. The van der Waals surface area contributed by atoms with Crippen LogP contribution in [0.15, 0.2) is 59.5 Å². The lowest BCUT2D eigenvalue weighted by Crippen LogP contribution is -2.28. The van der Waals surface area contributed by atoms with Gasteiger partial charge in [-0.3, -0.25) is 4.79 Å². The van der Waals surface area contributed by atoms with Crippen molar-refractivity contribution in [2.45, 2.75) is 17.9 Å². The van der Waals surface area contributed by atoms with Gasteiger partial charge in [0.05, 0.1) is 25.5 Å². The Balaban J connectivity index is 1.62. The van der Waals surface area contributed by atoms with Gasteiger partial charge in [0, 0.05) is 22.4 Å². The highest BCUT2D eigenvalue weighted by Crippen LogP contribution is 2.33. The molecule has 164 valence electrons. The molecule has 0 radical (unpaired) electrons. The number of methoxy groups -OCH3 is 2. The molecule has 7 heteroatoms. The SMILES string of the molecule is COCCOc1ccc(C(C)NC(=O)CSc2cccc3cccc(Cl)c23)cc1OC. The van der Waals surface area contributed by atoms with E-state index in [1.165, 1.54) is 11.8 Å². The van der Waals surface area contributed by atoms with Gasteiger partial charge in [0.1, 0.15) is 6.61 Å². The van der Waals surface area contributed by atoms with E-state index in [2.05, 4.69) is 5.32 Å². The zero-order valence-corrected chi connectivity index (χ0v) is 19.4. The summed E-state index contributed by atoms with van der Waals surface area (Å²) in [6.07, 6.45) is 0. The number of thioether (sulfide) groups is 1. The highest BCUT2D eigenvalue weighted by molar-refractivity contribution is 8.00. The maximum Gasteiger partial charge on any atom is 0.230 e. The Morgan fingerprint density at radius 2 is 1.84 bits per heavy atom. The first-order chi connectivity index (χ1) is 15.0. The molecule has 5 nitrogen and oxygen atoms in total. The van der Waals surface area contributed by atoms with Crippen molar-refractivity contribution in [1.29, 1.82) is 0 Å². The van der Waals surface area contributed by atoms with Crippen molar-refractivity contribution >= 4 is 40.0 Å². The van der Waals surface area contributed by atoms with Crippen LogP contribution in [0.25, 0.3) is 10.8 Å². The molecule has 1 unspecified atom stereocenters. The molecule has 0 aromatic heterocycles. The summed E-state index contributed by atoms with van der Waals surface area (Å²) >= 11 is 7.86. The molecule has 0 spiro atoms. The van der Waals surface area contributed by atoms with Crippen molar-refractivity contribution in [2.75, 3.05) is 33.2 Å². The number of benzene rings is 3. The van der Waals surface area contributed by atoms with Gasteiger partial charge >= 0.3 is 0 Å². The largest absolute Gasteiger partial charge is 0.493 e. The molecule has 3 aromatic rings. The molecule has 3 aromatic carbocycles. The van der Waals surface area contributed by atoms with E-state index in [1.807, 2.05) is 61.5 Å². The van der Waals surface area contributed by atoms with Gasteiger partial charge in [-0.25, -0.2) is 0 Å². The third kappa shape index (κ3) is 6.06. The molecule has 3 rings (SSSR count). The van der Waals surface area contributed by atoms with E-state index in [0.29, 0.717) is 35.5 Å². The van der Waals surface area contributed by atoms with Crippen molar-refractivity contribution in [3.05, 3.63) is 65.2 Å². The molecular formula is C24H26ClNO4S. The predicted molar refractivity (Wildman–Crippen MR) is 127 cm³/mol. The number of ether oxygens (including phenoxy) is 3. The van der Waals surface area contributed by atoms with Gasteiger partial charge in [-0.15, -0.1) is 11.8 Å². The highest BCUT2D eigenvalue weighted by Gasteiger charge is 2.14. The van der Waals surface area contributed by atoms with Gasteiger partial charge in [-0.05, 0) is 42.1 Å². The van der Waals surface area contributed by atoms with Crippen molar-refractivity contribution in [3.63, 3.8) is 0 Å². The van der Waals surface area contributed by atoms with Crippen LogP contribution in [0, 0.1) is 0 Å². The first-order valence-electron chi connectivity index (χ1n) is 9.92. The Bertz CT molecular complexity index is 1040. The molecule has 0 aliphatic carbocycles. The molecule has 0 heterocycles. The molecule has 0 aliphatic heterocycles. The minimum atomic E-state index is -0.175. The molecule has 0 aliphatic rings. The number of nitrogens with one attached hydrogen (secondary N) is 1. The van der Waals surface area contributed by atoms with Crippen LogP contribution in [0.1, 0.15) is 18.5 Å². The second kappa shape index (κ2) is 11.3. The van der Waals surface area contributed by atoms with E-state index in [-0.39, 0.29) is 11.9 Å². The van der Waals surface area contributed by atoms with Gasteiger partial charge < -0.3 is 19.5 Å². The van der Waals surface area contributed by atoms with Crippen LogP contribution in [0.3, 0.4) is 0 Å². The van der Waals surface area contributed by atoms with E-state index >= 15 is 0 Å². The van der Waals surface area contributed by atoms with E-state index in [4.69, 9.17) is 25.8 Å². The lowest BCUT2D eigenvalue weighted by molar-refractivity contribution is -0.119. The van der Waals surface area contributed by atoms with Gasteiger partial charge in [-0.2, -0.15) is 0 Å². The predicted octanol–water partition coefficient (Wildman–Crippen LogP) is 5.50. The average Bonchev–Trinajstić information content (AvgIpc) is 2.78. The molecule has 0 fully saturated rings. The number of fused-ring (bicyclic) bond motifs is 1. The number of carbonyl (C=O) groups excluding carboxylic acids is 1. The van der Waals surface area contributed by atoms with Gasteiger partial charge in [-0.1, -0.05) is 41.9 Å². The summed E-state index contributed by atoms with van der Waals surface area (Å²) in [6.45, 7) is 2.88. The number of carbonyl (C=O) groups is 1. The minimum Gasteiger partial charge on any atom is -0.493 e. The van der Waals surface area contributed by atoms with Crippen molar-refractivity contribution in [1.82, 2.24) is 5.32 Å². The summed E-state index contributed by atoms with van der Waals surface area (Å²) in [6, 6.07) is 17.3. The number of hydrogen-bond acceptors (Lipinski definition) is 5. The molecule has 1 N–H and O–H groups in total. The summed E-state index contributed by atoms with van der Waals surface area (Å²) in [5.41, 5.74) is 0.933. The number of amides is 1. The third-order valence-corrected chi connectivity index (χ3v) is 6.16. The highest BCUT2D eigenvalue weighted by atomic mass is 35.5. The smallest absolute Gasteiger partial charge is 0.230 e. The number of hydrogen-bond donors (Lipinski definition) is 1. The van der Waals surface area contributed by atoms with Crippen LogP contribution in [0.2, 0.25) is 5.02 Å². The van der Waals surface area contributed by atoms with Gasteiger partial charge in [0.15, 0.2) is 11.5 Å². The fraction of sp³-hybridized carbons (Fsp3) is 0.292. The second-order valence-electron chi connectivity index (χ2n) is 6.92. The zero-order valence-electron chi connectivity index (χ0n) is 17.8. The van der Waals surface area contributed by atoms with Crippen LogP contribution in [0.4, 0.5) is 0 Å². The topological polar surface area (TPSA) is 56.8 Å². The third-order valence-electron chi connectivity index (χ3n) is 4.78. The van der Waals surface area contributed by atoms with E-state index in [9.17, 15) is 4.79 Å². The van der Waals surface area contributed by atoms with Crippen molar-refractivity contribution in [2.24, 2.45) is 0 Å². The lowest BCUT2D eigenvalue weighted by Gasteiger charge is -2.17. The first kappa shape index (κ1) is 23.3. The first-order valence-corrected chi connectivity index (χ1v) is 11.3. The standard InChI is InChI=1S/C24H26ClNO4S/c1-16(18-10-11-20(21(14-18)29-3)30-13-12-28-2)26-23(27)15-31-22-9-5-7-17-6-4-8-19(25)24(17)22/h4-11,14,16H,12-13,15H2,1-3H3,(H,26,27). The van der Waals surface area contributed by atoms with E-state index in [1.54, 1.807) is 14.2 Å². The van der Waals surface area contributed by atoms with Crippen molar-refractivity contribution in [3.8, 4) is 11.5 Å². The molecule has 0 bridgehead atoms. The van der Waals surface area contributed by atoms with Crippen LogP contribution in [0.5, 0.6) is 11.5 Å². The maximum atomic E-state index is 12.6.